The van der Waals surface area contributed by atoms with Gasteiger partial charge >= 0.3 is 11.9 Å². The average Bonchev–Trinajstić information content (AvgIpc) is 2.86. The van der Waals surface area contributed by atoms with Gasteiger partial charge < -0.3 is 18.9 Å². The minimum atomic E-state index is -1.14. The second-order valence-corrected chi connectivity index (χ2v) is 6.86. The van der Waals surface area contributed by atoms with Gasteiger partial charge in [-0.1, -0.05) is 70.9 Å². The molecule has 0 N–H and O–H groups in total. The molecule has 0 spiro atoms. The van der Waals surface area contributed by atoms with E-state index >= 15 is 0 Å². The van der Waals surface area contributed by atoms with E-state index in [2.05, 4.69) is 20.1 Å². The number of methoxy groups -OCH3 is 2. The molecule has 0 heterocycles. The second-order valence-electron chi connectivity index (χ2n) is 6.86. The van der Waals surface area contributed by atoms with Crippen molar-refractivity contribution in [3.05, 3.63) is 92.7 Å². The molecule has 2 aromatic rings. The van der Waals surface area contributed by atoms with Crippen LogP contribution in [0.2, 0.25) is 0 Å². The smallest absolute Gasteiger partial charge is 0.339 e. The van der Waals surface area contributed by atoms with Crippen molar-refractivity contribution < 1.29 is 28.5 Å². The lowest BCUT2D eigenvalue weighted by molar-refractivity contribution is -0.159. The molecule has 12 heteroatoms. The first-order chi connectivity index (χ1) is 16.5. The van der Waals surface area contributed by atoms with Gasteiger partial charge in [-0.05, 0) is 22.2 Å². The molecule has 2 aromatic carbocycles. The Hall–Kier alpha value is -4.08. The van der Waals surface area contributed by atoms with E-state index in [1.807, 2.05) is 0 Å². The molecule has 0 aliphatic carbocycles. The van der Waals surface area contributed by atoms with Crippen molar-refractivity contribution in [2.75, 3.05) is 27.4 Å². The van der Waals surface area contributed by atoms with Crippen LogP contribution in [0.1, 0.15) is 23.3 Å². The van der Waals surface area contributed by atoms with Crippen LogP contribution in [0.25, 0.3) is 20.9 Å². The van der Waals surface area contributed by atoms with Crippen LogP contribution >= 0.6 is 0 Å². The van der Waals surface area contributed by atoms with Gasteiger partial charge in [0.2, 0.25) is 0 Å². The zero-order valence-corrected chi connectivity index (χ0v) is 18.6. The lowest BCUT2D eigenvalue weighted by atomic mass is 10.1. The number of hydrogen-bond donors (Lipinski definition) is 0. The largest absolute Gasteiger partial charge is 0.463 e. The molecule has 0 bridgehead atoms. The van der Waals surface area contributed by atoms with E-state index in [-0.39, 0.29) is 0 Å². The third kappa shape index (κ3) is 7.51. The fraction of sp³-hybridized carbons (Fsp3) is 0.364. The number of nitrogens with zero attached hydrogens (tertiary/aromatic N) is 6. The van der Waals surface area contributed by atoms with Crippen LogP contribution in [0.15, 0.2) is 70.9 Å². The number of benzene rings is 2. The van der Waals surface area contributed by atoms with E-state index < -0.39 is 49.4 Å². The van der Waals surface area contributed by atoms with Crippen molar-refractivity contribution >= 4 is 11.9 Å². The van der Waals surface area contributed by atoms with Gasteiger partial charge in [0.25, 0.3) is 0 Å². The summed E-state index contributed by atoms with van der Waals surface area (Å²) in [5.74, 6) is -1.46. The number of azide groups is 2. The van der Waals surface area contributed by atoms with Crippen molar-refractivity contribution in [3.63, 3.8) is 0 Å². The standard InChI is InChI=1S/C22H24N6O6/c1-31-19(15-9-5-3-6-10-15)21(29)33-13-17(25-27-23)18(26-28-24)14-34-22(30)20(32-2)16-11-7-4-8-12-16/h3-12,17-20H,13-14H2,1-2H3/t17-,18-,19+,20+/m1/s1. The summed E-state index contributed by atoms with van der Waals surface area (Å²) in [5.41, 5.74) is 19.0. The van der Waals surface area contributed by atoms with Crippen molar-refractivity contribution in [1.82, 2.24) is 0 Å². The molecule has 0 amide bonds. The SMILES string of the molecule is CO[C@H](C(=O)OC[C@@H](N=[N+]=[N-])[C@@H](COC(=O)[C@@H](OC)c1ccccc1)N=[N+]=[N-])c1ccccc1. The summed E-state index contributed by atoms with van der Waals surface area (Å²) in [7, 11) is 2.70. The van der Waals surface area contributed by atoms with Gasteiger partial charge in [-0.15, -0.1) is 0 Å². The average molecular weight is 468 g/mol. The van der Waals surface area contributed by atoms with Crippen LogP contribution in [0.5, 0.6) is 0 Å². The molecule has 2 rings (SSSR count). The minimum Gasteiger partial charge on any atom is -0.463 e. The maximum atomic E-state index is 12.5. The summed E-state index contributed by atoms with van der Waals surface area (Å²) in [6, 6.07) is 15.1. The molecule has 0 saturated carbocycles. The van der Waals surface area contributed by atoms with Gasteiger partial charge in [-0.3, -0.25) is 0 Å². The predicted octanol–water partition coefficient (Wildman–Crippen LogP) is 4.21. The number of hydrogen-bond acceptors (Lipinski definition) is 8. The number of ether oxygens (including phenoxy) is 4. The van der Waals surface area contributed by atoms with Gasteiger partial charge in [0.1, 0.15) is 13.2 Å². The molecular weight excluding hydrogens is 444 g/mol. The molecule has 178 valence electrons. The first-order valence-corrected chi connectivity index (χ1v) is 10.1. The van der Waals surface area contributed by atoms with E-state index in [0.29, 0.717) is 11.1 Å². The third-order valence-corrected chi connectivity index (χ3v) is 4.74. The van der Waals surface area contributed by atoms with E-state index in [1.54, 1.807) is 60.7 Å². The lowest BCUT2D eigenvalue weighted by Gasteiger charge is -2.22. The number of rotatable bonds is 13. The number of carbonyl (C=O) groups excluding carboxylic acids is 2. The zero-order valence-electron chi connectivity index (χ0n) is 18.6. The molecule has 12 nitrogen and oxygen atoms in total. The van der Waals surface area contributed by atoms with Crippen molar-refractivity contribution in [2.45, 2.75) is 24.3 Å². The van der Waals surface area contributed by atoms with Crippen LogP contribution in [-0.4, -0.2) is 51.5 Å². The van der Waals surface area contributed by atoms with Gasteiger partial charge in [0.15, 0.2) is 12.2 Å². The normalized spacial score (nSPS) is 13.8. The maximum Gasteiger partial charge on any atom is 0.339 e. The van der Waals surface area contributed by atoms with Gasteiger partial charge in [0, 0.05) is 24.0 Å². The second kappa shape index (κ2) is 14.1. The van der Waals surface area contributed by atoms with E-state index in [0.717, 1.165) is 0 Å². The molecule has 34 heavy (non-hydrogen) atoms. The molecule has 0 radical (unpaired) electrons. The van der Waals surface area contributed by atoms with Gasteiger partial charge in [-0.2, -0.15) is 0 Å². The fourth-order valence-electron chi connectivity index (χ4n) is 3.05. The summed E-state index contributed by atoms with van der Waals surface area (Å²) in [4.78, 5) is 30.5. The molecule has 0 aliphatic rings. The Balaban J connectivity index is 2.06. The Bertz CT molecular complexity index is 941. The summed E-state index contributed by atoms with van der Waals surface area (Å²) in [6.07, 6.45) is -2.01. The van der Waals surface area contributed by atoms with E-state index in [9.17, 15) is 9.59 Å². The van der Waals surface area contributed by atoms with Crippen LogP contribution < -0.4 is 0 Å². The third-order valence-electron chi connectivity index (χ3n) is 4.74. The van der Waals surface area contributed by atoms with Crippen molar-refractivity contribution in [1.29, 1.82) is 0 Å². The Kier molecular flexibility index (Phi) is 10.9. The highest BCUT2D eigenvalue weighted by Gasteiger charge is 2.28. The molecule has 4 atom stereocenters. The topological polar surface area (TPSA) is 169 Å². The van der Waals surface area contributed by atoms with Crippen molar-refractivity contribution in [2.24, 2.45) is 10.2 Å². The van der Waals surface area contributed by atoms with E-state index in [1.165, 1.54) is 14.2 Å². The minimum absolute atomic E-state index is 0.427. The molecule has 0 unspecified atom stereocenters. The number of carbonyl (C=O) groups is 2. The molecule has 0 aliphatic heterocycles. The molecular formula is C22H24N6O6. The summed E-state index contributed by atoms with van der Waals surface area (Å²) >= 11 is 0. The van der Waals surface area contributed by atoms with Crippen molar-refractivity contribution in [3.8, 4) is 0 Å². The summed E-state index contributed by atoms with van der Waals surface area (Å²) < 4.78 is 20.9. The molecule has 0 fully saturated rings. The first-order valence-electron chi connectivity index (χ1n) is 10.1. The Morgan fingerprint density at radius 2 is 1.09 bits per heavy atom. The highest BCUT2D eigenvalue weighted by molar-refractivity contribution is 5.77. The van der Waals surface area contributed by atoms with Gasteiger partial charge in [-0.25, -0.2) is 9.59 Å². The maximum absolute atomic E-state index is 12.5. The van der Waals surface area contributed by atoms with Gasteiger partial charge in [0.05, 0.1) is 12.1 Å². The Morgan fingerprint density at radius 1 is 0.735 bits per heavy atom. The predicted molar refractivity (Wildman–Crippen MR) is 120 cm³/mol. The lowest BCUT2D eigenvalue weighted by Crippen LogP contribution is -2.34. The highest BCUT2D eigenvalue weighted by Crippen LogP contribution is 2.20. The van der Waals surface area contributed by atoms with Crippen LogP contribution in [0, 0.1) is 0 Å². The van der Waals surface area contributed by atoms with Crippen LogP contribution in [0.3, 0.4) is 0 Å². The van der Waals surface area contributed by atoms with Crippen LogP contribution in [-0.2, 0) is 28.5 Å². The summed E-state index contributed by atoms with van der Waals surface area (Å²) in [6.45, 7) is -0.855. The Labute approximate surface area is 195 Å². The zero-order chi connectivity index (χ0) is 24.8. The quantitative estimate of drug-likeness (QED) is 0.184. The van der Waals surface area contributed by atoms with Crippen LogP contribution in [0.4, 0.5) is 0 Å². The highest BCUT2D eigenvalue weighted by atomic mass is 16.6. The van der Waals surface area contributed by atoms with E-state index in [4.69, 9.17) is 30.0 Å². The molecule has 0 aromatic heterocycles. The first kappa shape index (κ1) is 26.2. The monoisotopic (exact) mass is 468 g/mol. The fourth-order valence-corrected chi connectivity index (χ4v) is 3.05. The number of esters is 2. The summed E-state index contributed by atoms with van der Waals surface area (Å²) in [5, 5.41) is 7.10. The Morgan fingerprint density at radius 3 is 1.38 bits per heavy atom. The molecule has 0 saturated heterocycles.